The van der Waals surface area contributed by atoms with Crippen molar-refractivity contribution in [1.29, 1.82) is 0 Å². The minimum atomic E-state index is -0.531. The van der Waals surface area contributed by atoms with E-state index >= 15 is 0 Å². The van der Waals surface area contributed by atoms with E-state index in [1.165, 1.54) is 7.11 Å². The molecule has 0 aliphatic rings. The van der Waals surface area contributed by atoms with E-state index in [1.807, 2.05) is 0 Å². The lowest BCUT2D eigenvalue weighted by Crippen LogP contribution is -2.41. The number of amides is 1. The Morgan fingerprint density at radius 3 is 2.58 bits per heavy atom. The van der Waals surface area contributed by atoms with Crippen LogP contribution < -0.4 is 10.2 Å². The van der Waals surface area contributed by atoms with Crippen molar-refractivity contribution in [1.82, 2.24) is 10.2 Å². The molecule has 0 spiro atoms. The van der Waals surface area contributed by atoms with E-state index < -0.39 is 12.0 Å². The Morgan fingerprint density at radius 1 is 1.58 bits per heavy atom. The number of halogens is 1. The van der Waals surface area contributed by atoms with Crippen molar-refractivity contribution in [2.45, 2.75) is 13.0 Å². The van der Waals surface area contributed by atoms with Crippen molar-refractivity contribution in [3.05, 3.63) is 0 Å². The predicted molar refractivity (Wildman–Crippen MR) is 43.5 cm³/mol. The summed E-state index contributed by atoms with van der Waals surface area (Å²) in [4.78, 5) is 23.7. The van der Waals surface area contributed by atoms with E-state index in [2.05, 4.69) is 14.9 Å². The van der Waals surface area contributed by atoms with Crippen LogP contribution in [0.25, 0.3) is 0 Å². The lowest BCUT2D eigenvalue weighted by atomic mass is 10.3. The highest BCUT2D eigenvalue weighted by atomic mass is 35.5. The van der Waals surface area contributed by atoms with Crippen LogP contribution in [0.5, 0.6) is 0 Å². The van der Waals surface area contributed by atoms with Crippen LogP contribution in [0.15, 0.2) is 0 Å². The van der Waals surface area contributed by atoms with Gasteiger partial charge in [0.2, 0.25) is 5.91 Å². The minimum Gasteiger partial charge on any atom is -0.468 e. The van der Waals surface area contributed by atoms with Crippen molar-refractivity contribution in [2.24, 2.45) is 0 Å². The first-order valence-corrected chi connectivity index (χ1v) is 3.70. The summed E-state index contributed by atoms with van der Waals surface area (Å²) in [6.45, 7) is 1.43. The third kappa shape index (κ3) is 4.15. The van der Waals surface area contributed by atoms with Gasteiger partial charge in [0.1, 0.15) is 6.54 Å². The lowest BCUT2D eigenvalue weighted by molar-refractivity contribution is -0.141. The van der Waals surface area contributed by atoms with Crippen LogP contribution in [0.3, 0.4) is 0 Å². The van der Waals surface area contributed by atoms with E-state index in [0.717, 1.165) is 0 Å². The zero-order valence-electron chi connectivity index (χ0n) is 6.89. The Morgan fingerprint density at radius 2 is 2.17 bits per heavy atom. The molecule has 0 aromatic heterocycles. The maximum absolute atomic E-state index is 10.9. The van der Waals surface area contributed by atoms with Gasteiger partial charge in [-0.25, -0.2) is 4.84 Å². The van der Waals surface area contributed by atoms with E-state index in [9.17, 15) is 9.59 Å². The number of carbonyl (C=O) groups excluding carboxylic acids is 2. The Balaban J connectivity index is 3.64. The van der Waals surface area contributed by atoms with Crippen molar-refractivity contribution >= 4 is 23.7 Å². The van der Waals surface area contributed by atoms with Crippen molar-refractivity contribution in [2.75, 3.05) is 13.7 Å². The second kappa shape index (κ2) is 5.79. The molecular formula is C6H11ClN2O3. The fourth-order valence-electron chi connectivity index (χ4n) is 0.434. The number of nitrogens with one attached hydrogen (secondary N) is 2. The van der Waals surface area contributed by atoms with Crippen LogP contribution in [0, 0.1) is 0 Å². The maximum Gasteiger partial charge on any atom is 0.325 e. The predicted octanol–water partition coefficient (Wildman–Crippen LogP) is -0.593. The summed E-state index contributed by atoms with van der Waals surface area (Å²) >= 11 is 5.17. The molecule has 0 aromatic carbocycles. The van der Waals surface area contributed by atoms with Crippen LogP contribution in [-0.4, -0.2) is 31.6 Å². The summed E-state index contributed by atoms with van der Waals surface area (Å²) in [5.74, 6) is -0.847. The highest BCUT2D eigenvalue weighted by Crippen LogP contribution is 1.82. The highest BCUT2D eigenvalue weighted by Gasteiger charge is 2.11. The zero-order valence-corrected chi connectivity index (χ0v) is 7.64. The molecule has 2 N–H and O–H groups in total. The average Bonchev–Trinajstić information content (AvgIpc) is 2.11. The summed E-state index contributed by atoms with van der Waals surface area (Å²) in [5, 5.41) is 2.32. The van der Waals surface area contributed by atoms with E-state index in [0.29, 0.717) is 0 Å². The van der Waals surface area contributed by atoms with Crippen molar-refractivity contribution < 1.29 is 14.3 Å². The van der Waals surface area contributed by atoms with E-state index in [1.54, 1.807) is 6.92 Å². The normalized spacial score (nSPS) is 11.9. The molecule has 0 aliphatic carbocycles. The van der Waals surface area contributed by atoms with Crippen molar-refractivity contribution in [3.63, 3.8) is 0 Å². The third-order valence-electron chi connectivity index (χ3n) is 1.19. The standard InChI is InChI=1S/C6H11ClN2O3/c1-4(9-7)6(11)8-3-5(10)12-2/h4,9H,3H2,1-2H3,(H,8,11). The number of ether oxygens (including phenoxy) is 1. The van der Waals surface area contributed by atoms with Gasteiger partial charge in [-0.1, -0.05) is 0 Å². The van der Waals surface area contributed by atoms with Crippen LogP contribution >= 0.6 is 11.8 Å². The molecule has 0 radical (unpaired) electrons. The molecule has 0 aliphatic heterocycles. The molecule has 0 fully saturated rings. The van der Waals surface area contributed by atoms with Crippen LogP contribution in [0.1, 0.15) is 6.92 Å². The average molecular weight is 195 g/mol. The van der Waals surface area contributed by atoms with Crippen LogP contribution in [0.4, 0.5) is 0 Å². The van der Waals surface area contributed by atoms with Gasteiger partial charge in [0.05, 0.1) is 13.2 Å². The van der Waals surface area contributed by atoms with Gasteiger partial charge in [-0.15, -0.1) is 0 Å². The molecule has 0 rings (SSSR count). The lowest BCUT2D eigenvalue weighted by Gasteiger charge is -2.07. The zero-order chi connectivity index (χ0) is 9.56. The fourth-order valence-corrected chi connectivity index (χ4v) is 0.533. The molecule has 1 unspecified atom stereocenters. The molecule has 12 heavy (non-hydrogen) atoms. The Kier molecular flexibility index (Phi) is 5.40. The Bertz CT molecular complexity index is 174. The third-order valence-corrected chi connectivity index (χ3v) is 1.52. The largest absolute Gasteiger partial charge is 0.468 e. The Hall–Kier alpha value is -0.810. The summed E-state index contributed by atoms with van der Waals surface area (Å²) in [6, 6.07) is -0.531. The van der Waals surface area contributed by atoms with Gasteiger partial charge < -0.3 is 10.1 Å². The summed E-state index contributed by atoms with van der Waals surface area (Å²) in [5.41, 5.74) is 0. The molecular weight excluding hydrogens is 184 g/mol. The van der Waals surface area contributed by atoms with Crippen LogP contribution in [-0.2, 0) is 14.3 Å². The molecule has 6 heteroatoms. The van der Waals surface area contributed by atoms with Gasteiger partial charge in [0.25, 0.3) is 0 Å². The SMILES string of the molecule is COC(=O)CNC(=O)C(C)NCl. The number of carbonyl (C=O) groups is 2. The Labute approximate surface area is 75.5 Å². The first-order valence-electron chi connectivity index (χ1n) is 3.32. The van der Waals surface area contributed by atoms with Gasteiger partial charge in [0.15, 0.2) is 0 Å². The molecule has 0 heterocycles. The number of hydrogen-bond acceptors (Lipinski definition) is 4. The smallest absolute Gasteiger partial charge is 0.325 e. The summed E-state index contributed by atoms with van der Waals surface area (Å²) in [6.07, 6.45) is 0. The van der Waals surface area contributed by atoms with Crippen molar-refractivity contribution in [3.8, 4) is 0 Å². The monoisotopic (exact) mass is 194 g/mol. The number of rotatable bonds is 4. The maximum atomic E-state index is 10.9. The second-order valence-electron chi connectivity index (χ2n) is 2.12. The van der Waals surface area contributed by atoms with E-state index in [4.69, 9.17) is 11.8 Å². The molecule has 0 bridgehead atoms. The number of methoxy groups -OCH3 is 1. The molecule has 1 atom stereocenters. The number of esters is 1. The van der Waals surface area contributed by atoms with E-state index in [-0.39, 0.29) is 12.5 Å². The fraction of sp³-hybridized carbons (Fsp3) is 0.667. The first kappa shape index (κ1) is 11.2. The highest BCUT2D eigenvalue weighted by molar-refractivity contribution is 6.15. The van der Waals surface area contributed by atoms with Gasteiger partial charge in [-0.05, 0) is 18.7 Å². The molecule has 5 nitrogen and oxygen atoms in total. The summed E-state index contributed by atoms with van der Waals surface area (Å²) < 4.78 is 4.31. The molecule has 0 saturated carbocycles. The molecule has 1 amide bonds. The molecule has 0 aromatic rings. The number of hydrogen-bond donors (Lipinski definition) is 2. The van der Waals surface area contributed by atoms with Crippen LogP contribution in [0.2, 0.25) is 0 Å². The molecule has 70 valence electrons. The topological polar surface area (TPSA) is 67.4 Å². The summed E-state index contributed by atoms with van der Waals surface area (Å²) in [7, 11) is 1.25. The minimum absolute atomic E-state index is 0.141. The van der Waals surface area contributed by atoms with Gasteiger partial charge >= 0.3 is 5.97 Å². The van der Waals surface area contributed by atoms with Gasteiger partial charge in [-0.2, -0.15) is 0 Å². The quantitative estimate of drug-likeness (QED) is 0.464. The van der Waals surface area contributed by atoms with Gasteiger partial charge in [-0.3, -0.25) is 9.59 Å². The first-order chi connectivity index (χ1) is 5.61. The van der Waals surface area contributed by atoms with Gasteiger partial charge in [0, 0.05) is 0 Å². The second-order valence-corrected chi connectivity index (χ2v) is 2.34. The molecule has 0 saturated heterocycles.